The molecule has 0 atom stereocenters. The lowest BCUT2D eigenvalue weighted by atomic mass is 10.0. The molecule has 0 bridgehead atoms. The fourth-order valence-electron chi connectivity index (χ4n) is 1.30. The van der Waals surface area contributed by atoms with Crippen LogP contribution in [-0.2, 0) is 11.2 Å². The third-order valence-corrected chi connectivity index (χ3v) is 2.94. The number of carbonyl (C=O) groups is 1. The molecule has 0 fully saturated rings. The molecule has 0 amide bonds. The van der Waals surface area contributed by atoms with Gasteiger partial charge < -0.3 is 4.74 Å². The average molecular weight is 315 g/mol. The van der Waals surface area contributed by atoms with E-state index in [1.54, 1.807) is 12.1 Å². The molecule has 1 aromatic rings. The van der Waals surface area contributed by atoms with Crippen LogP contribution in [0.2, 0.25) is 0 Å². The molecule has 0 aliphatic rings. The van der Waals surface area contributed by atoms with E-state index in [9.17, 15) is 4.79 Å². The molecule has 0 radical (unpaired) electrons. The van der Waals surface area contributed by atoms with E-state index in [-0.39, 0.29) is 5.97 Å². The highest BCUT2D eigenvalue weighted by atomic mass is 127. The van der Waals surface area contributed by atoms with Gasteiger partial charge in [0.05, 0.1) is 18.2 Å². The predicted molar refractivity (Wildman–Crippen MR) is 64.6 cm³/mol. The Hall–Kier alpha value is -1.09. The third-order valence-electron chi connectivity index (χ3n) is 2.09. The maximum Gasteiger partial charge on any atom is 0.337 e. The second kappa shape index (κ2) is 5.12. The Bertz CT molecular complexity index is 435. The Balaban J connectivity index is 3.33. The van der Waals surface area contributed by atoms with Gasteiger partial charge in [-0.15, -0.1) is 0 Å². The molecule has 15 heavy (non-hydrogen) atoms. The summed E-state index contributed by atoms with van der Waals surface area (Å²) < 4.78 is 5.43. The summed E-state index contributed by atoms with van der Waals surface area (Å²) in [7, 11) is 1.35. The number of carbonyl (C=O) groups excluding carboxylic acids is 1. The van der Waals surface area contributed by atoms with Gasteiger partial charge in [0.1, 0.15) is 6.07 Å². The Morgan fingerprint density at radius 2 is 2.27 bits per heavy atom. The van der Waals surface area contributed by atoms with Gasteiger partial charge in [-0.2, -0.15) is 5.26 Å². The fraction of sp³-hybridized carbons (Fsp3) is 0.273. The zero-order valence-corrected chi connectivity index (χ0v) is 10.7. The van der Waals surface area contributed by atoms with Gasteiger partial charge in [-0.05, 0) is 46.7 Å². The average Bonchev–Trinajstić information content (AvgIpc) is 2.26. The Labute approximate surface area is 102 Å². The molecule has 4 heteroatoms. The van der Waals surface area contributed by atoms with Crippen molar-refractivity contribution < 1.29 is 9.53 Å². The number of rotatable bonds is 2. The summed E-state index contributed by atoms with van der Waals surface area (Å²) in [5.41, 5.74) is 2.02. The van der Waals surface area contributed by atoms with Gasteiger partial charge in [0.15, 0.2) is 0 Å². The minimum atomic E-state index is -0.368. The van der Waals surface area contributed by atoms with Gasteiger partial charge in [-0.3, -0.25) is 0 Å². The zero-order chi connectivity index (χ0) is 11.4. The number of nitrogens with zero attached hydrogens (tertiary/aromatic N) is 1. The first-order chi connectivity index (χ1) is 7.13. The van der Waals surface area contributed by atoms with Crippen LogP contribution in [0.25, 0.3) is 0 Å². The van der Waals surface area contributed by atoms with Crippen LogP contribution in [-0.4, -0.2) is 13.1 Å². The second-order valence-electron chi connectivity index (χ2n) is 2.95. The summed E-state index contributed by atoms with van der Waals surface area (Å²) >= 11 is 2.05. The predicted octanol–water partition coefficient (Wildman–Crippen LogP) is 2.51. The van der Waals surface area contributed by atoms with Crippen molar-refractivity contribution in [2.24, 2.45) is 0 Å². The van der Waals surface area contributed by atoms with Crippen molar-refractivity contribution in [1.82, 2.24) is 0 Å². The summed E-state index contributed by atoms with van der Waals surface area (Å²) in [6, 6.07) is 5.52. The summed E-state index contributed by atoms with van der Waals surface area (Å²) in [4.78, 5) is 11.3. The van der Waals surface area contributed by atoms with Crippen molar-refractivity contribution in [3.05, 3.63) is 32.4 Å². The van der Waals surface area contributed by atoms with E-state index in [1.807, 2.05) is 6.92 Å². The topological polar surface area (TPSA) is 50.1 Å². The van der Waals surface area contributed by atoms with Crippen molar-refractivity contribution >= 4 is 28.6 Å². The molecule has 0 unspecified atom stereocenters. The number of hydrogen-bond acceptors (Lipinski definition) is 3. The second-order valence-corrected chi connectivity index (χ2v) is 4.11. The molecule has 0 spiro atoms. The van der Waals surface area contributed by atoms with Crippen molar-refractivity contribution in [2.75, 3.05) is 7.11 Å². The quantitative estimate of drug-likeness (QED) is 0.622. The van der Waals surface area contributed by atoms with E-state index < -0.39 is 0 Å². The molecule has 0 aliphatic carbocycles. The normalized spacial score (nSPS) is 9.47. The Morgan fingerprint density at radius 3 is 2.73 bits per heavy atom. The number of aryl methyl sites for hydroxylation is 1. The molecule has 0 N–H and O–H groups in total. The lowest BCUT2D eigenvalue weighted by Crippen LogP contribution is -2.04. The van der Waals surface area contributed by atoms with E-state index in [4.69, 9.17) is 5.26 Å². The highest BCUT2D eigenvalue weighted by molar-refractivity contribution is 14.1. The number of ether oxygens (including phenoxy) is 1. The Kier molecular flexibility index (Phi) is 4.09. The summed E-state index contributed by atoms with van der Waals surface area (Å²) in [5, 5.41) is 8.95. The molecule has 1 aromatic carbocycles. The highest BCUT2D eigenvalue weighted by Crippen LogP contribution is 2.20. The zero-order valence-electron chi connectivity index (χ0n) is 8.50. The van der Waals surface area contributed by atoms with Crippen LogP contribution in [0.4, 0.5) is 0 Å². The van der Waals surface area contributed by atoms with Gasteiger partial charge in [-0.1, -0.05) is 6.92 Å². The number of nitriles is 1. The fourth-order valence-corrected chi connectivity index (χ4v) is 2.11. The standard InChI is InChI=1S/C11H10INO2/c1-3-7-4-8(11(14)15-2)5-10(12)9(7)6-13/h4-5H,3H2,1-2H3. The molecular weight excluding hydrogens is 305 g/mol. The number of benzene rings is 1. The van der Waals surface area contributed by atoms with E-state index in [1.165, 1.54) is 7.11 Å². The van der Waals surface area contributed by atoms with Crippen molar-refractivity contribution in [3.8, 4) is 6.07 Å². The third kappa shape index (κ3) is 2.48. The number of halogens is 1. The monoisotopic (exact) mass is 315 g/mol. The molecule has 3 nitrogen and oxygen atoms in total. The first-order valence-electron chi connectivity index (χ1n) is 4.44. The van der Waals surface area contributed by atoms with Crippen LogP contribution in [0.3, 0.4) is 0 Å². The first kappa shape index (κ1) is 12.0. The van der Waals surface area contributed by atoms with E-state index >= 15 is 0 Å². The van der Waals surface area contributed by atoms with Crippen molar-refractivity contribution in [3.63, 3.8) is 0 Å². The number of hydrogen-bond donors (Lipinski definition) is 0. The smallest absolute Gasteiger partial charge is 0.337 e. The summed E-state index contributed by atoms with van der Waals surface area (Å²) in [6.45, 7) is 1.95. The molecular formula is C11H10INO2. The summed E-state index contributed by atoms with van der Waals surface area (Å²) in [5.74, 6) is -0.368. The van der Waals surface area contributed by atoms with Gasteiger partial charge in [0, 0.05) is 3.57 Å². The number of methoxy groups -OCH3 is 1. The van der Waals surface area contributed by atoms with Crippen LogP contribution < -0.4 is 0 Å². The minimum Gasteiger partial charge on any atom is -0.465 e. The van der Waals surface area contributed by atoms with Gasteiger partial charge in [0.2, 0.25) is 0 Å². The van der Waals surface area contributed by atoms with E-state index in [0.29, 0.717) is 11.1 Å². The Morgan fingerprint density at radius 1 is 1.60 bits per heavy atom. The minimum absolute atomic E-state index is 0.368. The molecule has 1 rings (SSSR count). The van der Waals surface area contributed by atoms with Crippen LogP contribution in [0.15, 0.2) is 12.1 Å². The van der Waals surface area contributed by atoms with Crippen LogP contribution in [0, 0.1) is 14.9 Å². The molecule has 78 valence electrons. The molecule has 0 aliphatic heterocycles. The van der Waals surface area contributed by atoms with Gasteiger partial charge >= 0.3 is 5.97 Å². The number of esters is 1. The highest BCUT2D eigenvalue weighted by Gasteiger charge is 2.12. The molecule has 0 heterocycles. The first-order valence-corrected chi connectivity index (χ1v) is 5.52. The maximum absolute atomic E-state index is 11.3. The molecule has 0 saturated carbocycles. The molecule has 0 aromatic heterocycles. The van der Waals surface area contributed by atoms with Crippen LogP contribution in [0.5, 0.6) is 0 Å². The lowest BCUT2D eigenvalue weighted by molar-refractivity contribution is 0.0600. The van der Waals surface area contributed by atoms with Gasteiger partial charge in [0.25, 0.3) is 0 Å². The lowest BCUT2D eigenvalue weighted by Gasteiger charge is -2.06. The maximum atomic E-state index is 11.3. The SMILES string of the molecule is CCc1cc(C(=O)OC)cc(I)c1C#N. The van der Waals surface area contributed by atoms with E-state index in [0.717, 1.165) is 15.6 Å². The van der Waals surface area contributed by atoms with Gasteiger partial charge in [-0.25, -0.2) is 4.79 Å². The van der Waals surface area contributed by atoms with Crippen LogP contribution in [0.1, 0.15) is 28.4 Å². The summed E-state index contributed by atoms with van der Waals surface area (Å²) in [6.07, 6.45) is 0.726. The largest absolute Gasteiger partial charge is 0.465 e. The van der Waals surface area contributed by atoms with E-state index in [2.05, 4.69) is 33.4 Å². The van der Waals surface area contributed by atoms with Crippen molar-refractivity contribution in [1.29, 1.82) is 5.26 Å². The van der Waals surface area contributed by atoms with Crippen molar-refractivity contribution in [2.45, 2.75) is 13.3 Å². The molecule has 0 saturated heterocycles. The van der Waals surface area contributed by atoms with Crippen LogP contribution >= 0.6 is 22.6 Å².